The van der Waals surface area contributed by atoms with Crippen LogP contribution in [-0.2, 0) is 27.2 Å². The van der Waals surface area contributed by atoms with Crippen molar-refractivity contribution >= 4 is 22.8 Å². The van der Waals surface area contributed by atoms with E-state index in [-0.39, 0.29) is 36.1 Å². The molecule has 1 saturated heterocycles. The lowest BCUT2D eigenvalue weighted by atomic mass is 9.81. The molecule has 5 rings (SSSR count). The van der Waals surface area contributed by atoms with Gasteiger partial charge >= 0.3 is 5.63 Å². The average Bonchev–Trinajstić information content (AvgIpc) is 3.45. The highest BCUT2D eigenvalue weighted by Gasteiger charge is 2.27. The molecule has 8 heteroatoms. The number of aryl methyl sites for hydroxylation is 2. The van der Waals surface area contributed by atoms with Gasteiger partial charge in [0.15, 0.2) is 6.61 Å². The number of hydrogen-bond acceptors (Lipinski definition) is 6. The molecule has 2 N–H and O–H groups in total. The van der Waals surface area contributed by atoms with Crippen LogP contribution in [0.25, 0.3) is 11.0 Å². The molecular weight excluding hydrogens is 472 g/mol. The third-order valence-electron chi connectivity index (χ3n) is 8.28. The van der Waals surface area contributed by atoms with Gasteiger partial charge in [-0.2, -0.15) is 0 Å². The van der Waals surface area contributed by atoms with Gasteiger partial charge in [0.25, 0.3) is 5.91 Å². The van der Waals surface area contributed by atoms with Gasteiger partial charge in [-0.25, -0.2) is 4.79 Å². The van der Waals surface area contributed by atoms with E-state index in [2.05, 4.69) is 10.6 Å². The third kappa shape index (κ3) is 6.00. The van der Waals surface area contributed by atoms with Gasteiger partial charge in [0.05, 0.1) is 6.10 Å². The first-order chi connectivity index (χ1) is 18.0. The van der Waals surface area contributed by atoms with Crippen molar-refractivity contribution in [1.29, 1.82) is 0 Å². The number of rotatable bonds is 8. The Morgan fingerprint density at radius 2 is 1.76 bits per heavy atom. The maximum atomic E-state index is 12.5. The smallest absolute Gasteiger partial charge is 0.339 e. The molecule has 0 spiro atoms. The summed E-state index contributed by atoms with van der Waals surface area (Å²) in [6.07, 6.45) is 9.56. The molecule has 3 aliphatic rings. The van der Waals surface area contributed by atoms with Crippen LogP contribution in [0.15, 0.2) is 21.3 Å². The van der Waals surface area contributed by atoms with Gasteiger partial charge < -0.3 is 24.5 Å². The van der Waals surface area contributed by atoms with E-state index in [1.165, 1.54) is 0 Å². The molecule has 1 aromatic carbocycles. The molecule has 2 heterocycles. The number of benzene rings is 1. The summed E-state index contributed by atoms with van der Waals surface area (Å²) in [6.45, 7) is 3.76. The maximum absolute atomic E-state index is 12.5. The van der Waals surface area contributed by atoms with E-state index in [0.29, 0.717) is 30.3 Å². The fraction of sp³-hybridized carbons (Fsp3) is 0.621. The Bertz CT molecular complexity index is 1190. The highest BCUT2D eigenvalue weighted by Crippen LogP contribution is 2.33. The zero-order valence-electron chi connectivity index (χ0n) is 21.7. The van der Waals surface area contributed by atoms with Gasteiger partial charge in [-0.3, -0.25) is 9.59 Å². The normalized spacial score (nSPS) is 23.4. The Balaban J connectivity index is 1.07. The molecule has 1 saturated carbocycles. The quantitative estimate of drug-likeness (QED) is 0.526. The molecule has 0 unspecified atom stereocenters. The number of ether oxygens (including phenoxy) is 2. The first kappa shape index (κ1) is 25.8. The zero-order chi connectivity index (χ0) is 25.8. The van der Waals surface area contributed by atoms with E-state index in [1.54, 1.807) is 0 Å². The van der Waals surface area contributed by atoms with Crippen molar-refractivity contribution in [2.45, 2.75) is 77.2 Å². The first-order valence-electron chi connectivity index (χ1n) is 13.9. The molecule has 2 fully saturated rings. The molecule has 200 valence electrons. The lowest BCUT2D eigenvalue weighted by Crippen LogP contribution is -2.39. The second kappa shape index (κ2) is 11.7. The second-order valence-electron chi connectivity index (χ2n) is 10.8. The molecule has 0 radical (unpaired) electrons. The zero-order valence-corrected chi connectivity index (χ0v) is 21.7. The number of hydrogen-bond donors (Lipinski definition) is 2. The van der Waals surface area contributed by atoms with Crippen molar-refractivity contribution in [2.75, 3.05) is 26.3 Å². The van der Waals surface area contributed by atoms with Crippen molar-refractivity contribution in [3.05, 3.63) is 39.2 Å². The molecule has 1 aromatic heterocycles. The Kier molecular flexibility index (Phi) is 8.13. The average molecular weight is 511 g/mol. The standard InChI is InChI=1S/C29H38N2O6/c1-18-25(13-12-23-22-6-2-3-7-24(22)29(34)37-27(18)23)36-17-26(32)30-15-19-8-10-20(11-9-19)28(33)31-16-21-5-4-14-35-21/h12-13,19-21H,2-11,14-17H2,1H3,(H,30,32)(H,31,33)/t19?,20?,21-/m0/s1. The first-order valence-corrected chi connectivity index (χ1v) is 13.9. The van der Waals surface area contributed by atoms with Gasteiger partial charge in [0.1, 0.15) is 11.3 Å². The van der Waals surface area contributed by atoms with Crippen molar-refractivity contribution in [3.63, 3.8) is 0 Å². The lowest BCUT2D eigenvalue weighted by molar-refractivity contribution is -0.127. The maximum Gasteiger partial charge on any atom is 0.339 e. The second-order valence-corrected chi connectivity index (χ2v) is 10.8. The summed E-state index contributed by atoms with van der Waals surface area (Å²) in [7, 11) is 0. The summed E-state index contributed by atoms with van der Waals surface area (Å²) in [5.41, 5.74) is 2.95. The van der Waals surface area contributed by atoms with Crippen LogP contribution in [0.5, 0.6) is 5.75 Å². The minimum atomic E-state index is -0.254. The summed E-state index contributed by atoms with van der Waals surface area (Å²) < 4.78 is 17.0. The number of carbonyl (C=O) groups is 2. The number of nitrogens with one attached hydrogen (secondary N) is 2. The molecular formula is C29H38N2O6. The van der Waals surface area contributed by atoms with Crippen LogP contribution in [0.3, 0.4) is 0 Å². The van der Waals surface area contributed by atoms with Gasteiger partial charge in [-0.05, 0) is 94.7 Å². The Hall–Kier alpha value is -2.87. The summed E-state index contributed by atoms with van der Waals surface area (Å²) in [5.74, 6) is 0.930. The Labute approximate surface area is 217 Å². The van der Waals surface area contributed by atoms with E-state index in [4.69, 9.17) is 13.9 Å². The van der Waals surface area contributed by atoms with Crippen LogP contribution in [0, 0.1) is 18.8 Å². The summed E-state index contributed by atoms with van der Waals surface area (Å²) >= 11 is 0. The SMILES string of the molecule is Cc1c(OCC(=O)NCC2CCC(C(=O)NC[C@@H]3CCCO3)CC2)ccc2c3c(c(=O)oc12)CCCC3. The summed E-state index contributed by atoms with van der Waals surface area (Å²) in [5, 5.41) is 7.00. The van der Waals surface area contributed by atoms with Crippen LogP contribution >= 0.6 is 0 Å². The Morgan fingerprint density at radius 1 is 0.973 bits per heavy atom. The number of fused-ring (bicyclic) bond motifs is 3. The highest BCUT2D eigenvalue weighted by atomic mass is 16.5. The fourth-order valence-electron chi connectivity index (χ4n) is 6.03. The molecule has 37 heavy (non-hydrogen) atoms. The largest absolute Gasteiger partial charge is 0.483 e. The van der Waals surface area contributed by atoms with E-state index in [1.807, 2.05) is 19.1 Å². The van der Waals surface area contributed by atoms with Gasteiger partial charge in [0, 0.05) is 42.1 Å². The van der Waals surface area contributed by atoms with Crippen molar-refractivity contribution in [2.24, 2.45) is 11.8 Å². The summed E-state index contributed by atoms with van der Waals surface area (Å²) in [6, 6.07) is 3.81. The van der Waals surface area contributed by atoms with Gasteiger partial charge in [0.2, 0.25) is 5.91 Å². The van der Waals surface area contributed by atoms with Crippen molar-refractivity contribution in [3.8, 4) is 5.75 Å². The van der Waals surface area contributed by atoms with Gasteiger partial charge in [-0.15, -0.1) is 0 Å². The third-order valence-corrected chi connectivity index (χ3v) is 8.28. The lowest BCUT2D eigenvalue weighted by Gasteiger charge is -2.28. The van der Waals surface area contributed by atoms with E-state index < -0.39 is 0 Å². The minimum absolute atomic E-state index is 0.0539. The number of amides is 2. The monoisotopic (exact) mass is 510 g/mol. The molecule has 0 bridgehead atoms. The number of carbonyl (C=O) groups excluding carboxylic acids is 2. The van der Waals surface area contributed by atoms with Crippen LogP contribution in [-0.4, -0.2) is 44.2 Å². The summed E-state index contributed by atoms with van der Waals surface area (Å²) in [4.78, 5) is 37.4. The van der Waals surface area contributed by atoms with E-state index in [0.717, 1.165) is 92.9 Å². The molecule has 1 aliphatic heterocycles. The molecule has 1 atom stereocenters. The molecule has 8 nitrogen and oxygen atoms in total. The molecule has 2 aliphatic carbocycles. The van der Waals surface area contributed by atoms with Crippen LogP contribution < -0.4 is 21.0 Å². The van der Waals surface area contributed by atoms with Crippen LogP contribution in [0.4, 0.5) is 0 Å². The molecule has 2 amide bonds. The topological polar surface area (TPSA) is 107 Å². The van der Waals surface area contributed by atoms with Crippen LogP contribution in [0.2, 0.25) is 0 Å². The molecule has 2 aromatic rings. The predicted molar refractivity (Wildman–Crippen MR) is 140 cm³/mol. The van der Waals surface area contributed by atoms with E-state index >= 15 is 0 Å². The van der Waals surface area contributed by atoms with Gasteiger partial charge in [-0.1, -0.05) is 0 Å². The van der Waals surface area contributed by atoms with Crippen molar-refractivity contribution < 1.29 is 23.5 Å². The van der Waals surface area contributed by atoms with Crippen LogP contribution in [0.1, 0.15) is 68.1 Å². The van der Waals surface area contributed by atoms with Crippen molar-refractivity contribution in [1.82, 2.24) is 10.6 Å². The minimum Gasteiger partial charge on any atom is -0.483 e. The Morgan fingerprint density at radius 3 is 2.51 bits per heavy atom. The predicted octanol–water partition coefficient (Wildman–Crippen LogP) is 3.58. The fourth-order valence-corrected chi connectivity index (χ4v) is 6.03. The van der Waals surface area contributed by atoms with E-state index in [9.17, 15) is 14.4 Å². The highest BCUT2D eigenvalue weighted by molar-refractivity contribution is 5.86.